The van der Waals surface area contributed by atoms with Crippen molar-refractivity contribution in [2.45, 2.75) is 19.9 Å². The van der Waals surface area contributed by atoms with Crippen LogP contribution < -0.4 is 17.5 Å². The normalized spacial score (nSPS) is 15.7. The van der Waals surface area contributed by atoms with E-state index in [-0.39, 0.29) is 30.5 Å². The van der Waals surface area contributed by atoms with Crippen molar-refractivity contribution in [3.8, 4) is 0 Å². The molecule has 0 aromatic carbocycles. The number of hydrogen-bond donors (Lipinski definition) is 2. The lowest BCUT2D eigenvalue weighted by Crippen LogP contribution is -3.00. The SMILES string of the molecule is CC(C)NP(=O)(O)CCCl.[Cl-]. The molecular formula is C5H13Cl2NO2P-. The molecule has 3 nitrogen and oxygen atoms in total. The standard InChI is InChI=1S/C5H13ClNO2P.ClH/c1-5(2)7-10(8,9)4-3-6;/h5H,3-4H2,1-2H3,(H2,7,8,9);1H/p-1. The van der Waals surface area contributed by atoms with E-state index in [0.717, 1.165) is 0 Å². The number of rotatable bonds is 4. The zero-order chi connectivity index (χ0) is 8.20. The second kappa shape index (κ2) is 6.27. The highest BCUT2D eigenvalue weighted by atomic mass is 35.5. The number of hydrogen-bond acceptors (Lipinski definition) is 1. The summed E-state index contributed by atoms with van der Waals surface area (Å²) in [5.74, 6) is 0.216. The lowest BCUT2D eigenvalue weighted by molar-refractivity contribution is -0.00000566. The first-order valence-electron chi connectivity index (χ1n) is 3.13. The van der Waals surface area contributed by atoms with Gasteiger partial charge in [0.15, 0.2) is 0 Å². The Hall–Kier alpha value is 0.730. The molecule has 0 radical (unpaired) electrons. The van der Waals surface area contributed by atoms with Gasteiger partial charge in [-0.25, -0.2) is 5.09 Å². The van der Waals surface area contributed by atoms with E-state index < -0.39 is 7.52 Å². The van der Waals surface area contributed by atoms with Crippen molar-refractivity contribution in [1.82, 2.24) is 5.09 Å². The Balaban J connectivity index is 0. The number of nitrogens with one attached hydrogen (secondary N) is 1. The van der Waals surface area contributed by atoms with E-state index in [4.69, 9.17) is 16.5 Å². The molecule has 0 spiro atoms. The summed E-state index contributed by atoms with van der Waals surface area (Å²) in [4.78, 5) is 9.04. The quantitative estimate of drug-likeness (QED) is 0.444. The van der Waals surface area contributed by atoms with Crippen LogP contribution >= 0.6 is 19.1 Å². The van der Waals surface area contributed by atoms with Crippen LogP contribution in [-0.2, 0) is 4.57 Å². The van der Waals surface area contributed by atoms with Crippen LogP contribution in [0, 0.1) is 0 Å². The summed E-state index contributed by atoms with van der Waals surface area (Å²) < 4.78 is 11.0. The molecule has 70 valence electrons. The minimum atomic E-state index is -3.13. The highest BCUT2D eigenvalue weighted by Crippen LogP contribution is 2.35. The largest absolute Gasteiger partial charge is 1.00 e. The zero-order valence-corrected chi connectivity index (χ0v) is 8.96. The molecule has 6 heteroatoms. The fourth-order valence-corrected chi connectivity index (χ4v) is 2.44. The van der Waals surface area contributed by atoms with Gasteiger partial charge in [-0.2, -0.15) is 0 Å². The predicted molar refractivity (Wildman–Crippen MR) is 43.7 cm³/mol. The third-order valence-corrected chi connectivity index (χ3v) is 3.05. The Morgan fingerprint density at radius 1 is 1.64 bits per heavy atom. The van der Waals surface area contributed by atoms with Crippen molar-refractivity contribution < 1.29 is 21.9 Å². The molecule has 0 amide bonds. The van der Waals surface area contributed by atoms with E-state index in [1.807, 2.05) is 13.8 Å². The van der Waals surface area contributed by atoms with Crippen molar-refractivity contribution in [3.63, 3.8) is 0 Å². The lowest BCUT2D eigenvalue weighted by Gasteiger charge is -2.13. The Morgan fingerprint density at radius 2 is 2.09 bits per heavy atom. The molecule has 0 aromatic heterocycles. The molecule has 11 heavy (non-hydrogen) atoms. The summed E-state index contributed by atoms with van der Waals surface area (Å²) in [7, 11) is -3.13. The lowest BCUT2D eigenvalue weighted by atomic mass is 10.4. The van der Waals surface area contributed by atoms with Gasteiger partial charge in [-0.1, -0.05) is 0 Å². The van der Waals surface area contributed by atoms with Crippen LogP contribution in [0.5, 0.6) is 0 Å². The topological polar surface area (TPSA) is 49.3 Å². The first-order chi connectivity index (χ1) is 4.48. The van der Waals surface area contributed by atoms with Gasteiger partial charge in [0.05, 0.1) is 6.16 Å². The molecule has 2 N–H and O–H groups in total. The van der Waals surface area contributed by atoms with Crippen LogP contribution in [-0.4, -0.2) is 23.0 Å². The maximum Gasteiger partial charge on any atom is 0.268 e. The third kappa shape index (κ3) is 8.64. The molecule has 0 saturated carbocycles. The van der Waals surface area contributed by atoms with E-state index in [1.165, 1.54) is 0 Å². The van der Waals surface area contributed by atoms with Crippen molar-refractivity contribution in [2.24, 2.45) is 0 Å². The molecule has 0 aromatic rings. The smallest absolute Gasteiger partial charge is 0.268 e. The minimum absolute atomic E-state index is 0. The van der Waals surface area contributed by atoms with Gasteiger partial charge in [0.2, 0.25) is 0 Å². The van der Waals surface area contributed by atoms with Gasteiger partial charge < -0.3 is 17.3 Å². The highest BCUT2D eigenvalue weighted by Gasteiger charge is 2.16. The number of alkyl halides is 1. The predicted octanol–water partition coefficient (Wildman–Crippen LogP) is -1.59. The van der Waals surface area contributed by atoms with E-state index in [2.05, 4.69) is 5.09 Å². The molecule has 0 heterocycles. The first-order valence-corrected chi connectivity index (χ1v) is 5.51. The molecule has 0 fully saturated rings. The summed E-state index contributed by atoms with van der Waals surface area (Å²) in [6.45, 7) is 3.63. The van der Waals surface area contributed by atoms with Gasteiger partial charge in [0.1, 0.15) is 0 Å². The van der Waals surface area contributed by atoms with Gasteiger partial charge in [0, 0.05) is 11.9 Å². The van der Waals surface area contributed by atoms with Gasteiger partial charge in [-0.15, -0.1) is 11.6 Å². The van der Waals surface area contributed by atoms with E-state index >= 15 is 0 Å². The fourth-order valence-electron chi connectivity index (χ4n) is 0.583. The Labute approximate surface area is 78.4 Å². The third-order valence-electron chi connectivity index (χ3n) is 0.848. The van der Waals surface area contributed by atoms with Crippen LogP contribution in [0.3, 0.4) is 0 Å². The molecule has 0 bridgehead atoms. The first kappa shape index (κ1) is 14.3. The highest BCUT2D eigenvalue weighted by molar-refractivity contribution is 7.56. The maximum atomic E-state index is 11.0. The second-order valence-corrected chi connectivity index (χ2v) is 4.88. The summed E-state index contributed by atoms with van der Waals surface area (Å²) in [5.41, 5.74) is 0. The second-order valence-electron chi connectivity index (χ2n) is 2.40. The monoisotopic (exact) mass is 220 g/mol. The molecule has 0 saturated heterocycles. The van der Waals surface area contributed by atoms with Crippen LogP contribution in [0.2, 0.25) is 0 Å². The van der Waals surface area contributed by atoms with Gasteiger partial charge in [0.25, 0.3) is 7.52 Å². The molecule has 1 atom stereocenters. The van der Waals surface area contributed by atoms with Crippen LogP contribution in [0.4, 0.5) is 0 Å². The van der Waals surface area contributed by atoms with Gasteiger partial charge >= 0.3 is 0 Å². The van der Waals surface area contributed by atoms with Crippen molar-refractivity contribution in [2.75, 3.05) is 12.0 Å². The average molecular weight is 221 g/mol. The minimum Gasteiger partial charge on any atom is -1.00 e. The fraction of sp³-hybridized carbons (Fsp3) is 1.00. The van der Waals surface area contributed by atoms with Crippen LogP contribution in [0.15, 0.2) is 0 Å². The van der Waals surface area contributed by atoms with Crippen LogP contribution in [0.25, 0.3) is 0 Å². The van der Waals surface area contributed by atoms with Crippen LogP contribution in [0.1, 0.15) is 13.8 Å². The zero-order valence-electron chi connectivity index (χ0n) is 6.55. The van der Waals surface area contributed by atoms with Gasteiger partial charge in [-0.05, 0) is 13.8 Å². The van der Waals surface area contributed by atoms with Crippen molar-refractivity contribution in [3.05, 3.63) is 0 Å². The van der Waals surface area contributed by atoms with Crippen molar-refractivity contribution >= 4 is 19.1 Å². The summed E-state index contributed by atoms with van der Waals surface area (Å²) in [6.07, 6.45) is 0.132. The van der Waals surface area contributed by atoms with Gasteiger partial charge in [-0.3, -0.25) is 4.57 Å². The summed E-state index contributed by atoms with van der Waals surface area (Å²) in [5, 5.41) is 2.55. The van der Waals surface area contributed by atoms with Crippen molar-refractivity contribution in [1.29, 1.82) is 0 Å². The maximum absolute atomic E-state index is 11.0. The summed E-state index contributed by atoms with van der Waals surface area (Å²) >= 11 is 5.30. The Morgan fingerprint density at radius 3 is 2.36 bits per heavy atom. The van der Waals surface area contributed by atoms with E-state index in [0.29, 0.717) is 0 Å². The van der Waals surface area contributed by atoms with E-state index in [1.54, 1.807) is 0 Å². The molecule has 0 rings (SSSR count). The Kier molecular flexibility index (Phi) is 8.13. The molecule has 0 aliphatic heterocycles. The average Bonchev–Trinajstić information content (AvgIpc) is 1.59. The molecule has 1 unspecified atom stereocenters. The number of halogens is 2. The summed E-state index contributed by atoms with van der Waals surface area (Å²) in [6, 6.07) is 0.0269. The Bertz CT molecular complexity index is 142. The molecule has 0 aliphatic carbocycles. The molecular weight excluding hydrogens is 208 g/mol. The molecule has 0 aliphatic rings. The van der Waals surface area contributed by atoms with E-state index in [9.17, 15) is 4.57 Å².